The van der Waals surface area contributed by atoms with E-state index in [-0.39, 0.29) is 14.4 Å². The van der Waals surface area contributed by atoms with Gasteiger partial charge in [-0.3, -0.25) is 4.72 Å². The van der Waals surface area contributed by atoms with E-state index in [1.165, 1.54) is 30.3 Å². The van der Waals surface area contributed by atoms with Crippen LogP contribution in [0.3, 0.4) is 0 Å². The molecule has 1 heterocycles. The highest BCUT2D eigenvalue weighted by molar-refractivity contribution is 9.10. The fourth-order valence-electron chi connectivity index (χ4n) is 1.21. The molecule has 0 spiro atoms. The van der Waals surface area contributed by atoms with Crippen LogP contribution in [0.2, 0.25) is 4.34 Å². The van der Waals surface area contributed by atoms with Crippen LogP contribution in [0.4, 0.5) is 10.1 Å². The highest BCUT2D eigenvalue weighted by atomic mass is 79.9. The van der Waals surface area contributed by atoms with Crippen molar-refractivity contribution in [3.63, 3.8) is 0 Å². The molecule has 1 aromatic carbocycles. The van der Waals surface area contributed by atoms with Crippen LogP contribution in [0.5, 0.6) is 0 Å². The molecule has 3 nitrogen and oxygen atoms in total. The first-order valence-corrected chi connectivity index (χ1v) is 8.09. The molecule has 96 valence electrons. The Bertz CT molecular complexity index is 687. The highest BCUT2D eigenvalue weighted by Gasteiger charge is 2.17. The zero-order chi connectivity index (χ0) is 13.3. The van der Waals surface area contributed by atoms with Gasteiger partial charge in [0.05, 0.1) is 14.5 Å². The summed E-state index contributed by atoms with van der Waals surface area (Å²) in [6, 6.07) is 6.77. The van der Waals surface area contributed by atoms with E-state index in [9.17, 15) is 12.8 Å². The second-order valence-corrected chi connectivity index (χ2v) is 7.77. The Balaban J connectivity index is 2.30. The van der Waals surface area contributed by atoms with Gasteiger partial charge in [-0.25, -0.2) is 12.8 Å². The fraction of sp³-hybridized carbons (Fsp3) is 0. The Labute approximate surface area is 121 Å². The molecule has 0 aliphatic carbocycles. The lowest BCUT2D eigenvalue weighted by Crippen LogP contribution is -2.11. The molecule has 2 aromatic rings. The van der Waals surface area contributed by atoms with Crippen molar-refractivity contribution < 1.29 is 12.8 Å². The molecule has 0 aliphatic heterocycles. The van der Waals surface area contributed by atoms with Crippen molar-refractivity contribution in [1.82, 2.24) is 0 Å². The smallest absolute Gasteiger partial charge is 0.271 e. The van der Waals surface area contributed by atoms with Gasteiger partial charge in [0.2, 0.25) is 0 Å². The normalized spacial score (nSPS) is 11.5. The van der Waals surface area contributed by atoms with E-state index in [2.05, 4.69) is 20.7 Å². The van der Waals surface area contributed by atoms with Crippen LogP contribution < -0.4 is 4.72 Å². The number of sulfonamides is 1. The summed E-state index contributed by atoms with van der Waals surface area (Å²) >= 11 is 9.62. The van der Waals surface area contributed by atoms with Crippen LogP contribution >= 0.6 is 38.9 Å². The average molecular weight is 371 g/mol. The largest absolute Gasteiger partial charge is 0.279 e. The number of thiophene rings is 1. The summed E-state index contributed by atoms with van der Waals surface area (Å²) in [5, 5.41) is 0. The van der Waals surface area contributed by atoms with Gasteiger partial charge in [-0.15, -0.1) is 11.3 Å². The van der Waals surface area contributed by atoms with E-state index in [0.717, 1.165) is 11.3 Å². The van der Waals surface area contributed by atoms with Crippen molar-refractivity contribution in [3.8, 4) is 0 Å². The number of benzene rings is 1. The Kier molecular flexibility index (Phi) is 3.96. The van der Waals surface area contributed by atoms with Crippen LogP contribution in [0.1, 0.15) is 0 Å². The first-order chi connectivity index (χ1) is 8.38. The number of rotatable bonds is 3. The lowest BCUT2D eigenvalue weighted by molar-refractivity contribution is 0.602. The summed E-state index contributed by atoms with van der Waals surface area (Å²) in [6.45, 7) is 0. The number of hydrogen-bond acceptors (Lipinski definition) is 3. The van der Waals surface area contributed by atoms with E-state index in [1.54, 1.807) is 0 Å². The van der Waals surface area contributed by atoms with Crippen LogP contribution in [-0.4, -0.2) is 8.42 Å². The van der Waals surface area contributed by atoms with Crippen molar-refractivity contribution in [2.45, 2.75) is 4.21 Å². The predicted molar refractivity (Wildman–Crippen MR) is 74.2 cm³/mol. The maximum absolute atomic E-state index is 13.0. The van der Waals surface area contributed by atoms with Gasteiger partial charge in [0.15, 0.2) is 0 Å². The van der Waals surface area contributed by atoms with Gasteiger partial charge < -0.3 is 0 Å². The summed E-state index contributed by atoms with van der Waals surface area (Å²) in [7, 11) is -3.68. The molecule has 0 saturated carbocycles. The summed E-state index contributed by atoms with van der Waals surface area (Å²) in [5.74, 6) is -0.461. The number of nitrogens with one attached hydrogen (secondary N) is 1. The molecule has 0 bridgehead atoms. The molecular formula is C10H6BrClFNO2S2. The van der Waals surface area contributed by atoms with Crippen LogP contribution in [0.15, 0.2) is 39.0 Å². The number of anilines is 1. The molecule has 0 saturated heterocycles. The fourth-order valence-corrected chi connectivity index (χ4v) is 4.12. The molecule has 0 amide bonds. The van der Waals surface area contributed by atoms with Gasteiger partial charge in [-0.05, 0) is 46.3 Å². The lowest BCUT2D eigenvalue weighted by atomic mass is 10.3. The van der Waals surface area contributed by atoms with Gasteiger partial charge in [0.1, 0.15) is 10.0 Å². The summed E-state index contributed by atoms with van der Waals surface area (Å²) in [5.41, 5.74) is 0.271. The highest BCUT2D eigenvalue weighted by Crippen LogP contribution is 2.28. The van der Waals surface area contributed by atoms with Crippen LogP contribution in [-0.2, 0) is 10.0 Å². The first kappa shape index (κ1) is 13.8. The Morgan fingerprint density at radius 2 is 2.00 bits per heavy atom. The van der Waals surface area contributed by atoms with Gasteiger partial charge in [0.25, 0.3) is 10.0 Å². The monoisotopic (exact) mass is 369 g/mol. The molecule has 0 radical (unpaired) electrons. The third-order valence-electron chi connectivity index (χ3n) is 1.99. The summed E-state index contributed by atoms with van der Waals surface area (Å²) in [4.78, 5) is 0. The molecule has 18 heavy (non-hydrogen) atoms. The quantitative estimate of drug-likeness (QED) is 0.884. The molecular weight excluding hydrogens is 365 g/mol. The Hall–Kier alpha value is -0.630. The van der Waals surface area contributed by atoms with Gasteiger partial charge in [-0.2, -0.15) is 0 Å². The summed E-state index contributed by atoms with van der Waals surface area (Å²) in [6.07, 6.45) is 0. The molecule has 1 aromatic heterocycles. The third-order valence-corrected chi connectivity index (χ3v) is 5.70. The van der Waals surface area contributed by atoms with Crippen LogP contribution in [0.25, 0.3) is 0 Å². The molecule has 0 fully saturated rings. The zero-order valence-corrected chi connectivity index (χ0v) is 12.6. The molecule has 0 unspecified atom stereocenters. The van der Waals surface area contributed by atoms with Gasteiger partial charge in [-0.1, -0.05) is 11.6 Å². The average Bonchev–Trinajstić information content (AvgIpc) is 2.71. The minimum Gasteiger partial charge on any atom is -0.279 e. The number of hydrogen-bond donors (Lipinski definition) is 1. The second kappa shape index (κ2) is 5.16. The Morgan fingerprint density at radius 3 is 2.56 bits per heavy atom. The van der Waals surface area contributed by atoms with Crippen LogP contribution in [0, 0.1) is 5.82 Å². The molecule has 8 heteroatoms. The predicted octanol–water partition coefficient (Wildman–Crippen LogP) is 4.10. The van der Waals surface area contributed by atoms with E-state index >= 15 is 0 Å². The van der Waals surface area contributed by atoms with E-state index in [0.29, 0.717) is 4.34 Å². The standard InChI is InChI=1S/C10H6BrClFNO2S2/c11-7-5-6(1-2-8(7)13)14-18(15,16)10-4-3-9(12)17-10/h1-5,14H. The van der Waals surface area contributed by atoms with Gasteiger partial charge in [0, 0.05) is 0 Å². The van der Waals surface area contributed by atoms with Gasteiger partial charge >= 0.3 is 0 Å². The second-order valence-electron chi connectivity index (χ2n) is 3.29. The SMILES string of the molecule is O=S(=O)(Nc1ccc(F)c(Br)c1)c1ccc(Cl)s1. The maximum atomic E-state index is 13.0. The van der Waals surface area contributed by atoms with Crippen molar-refractivity contribution in [2.24, 2.45) is 0 Å². The third kappa shape index (κ3) is 3.03. The maximum Gasteiger partial charge on any atom is 0.271 e. The van der Waals surface area contributed by atoms with Crippen molar-refractivity contribution in [1.29, 1.82) is 0 Å². The summed E-state index contributed by atoms with van der Waals surface area (Å²) < 4.78 is 39.9. The molecule has 0 aliphatic rings. The van der Waals surface area contributed by atoms with E-state index in [1.807, 2.05) is 0 Å². The minimum absolute atomic E-state index is 0.105. The lowest BCUT2D eigenvalue weighted by Gasteiger charge is -2.06. The Morgan fingerprint density at radius 1 is 1.28 bits per heavy atom. The first-order valence-electron chi connectivity index (χ1n) is 4.62. The molecule has 0 atom stereocenters. The van der Waals surface area contributed by atoms with E-state index in [4.69, 9.17) is 11.6 Å². The van der Waals surface area contributed by atoms with Crippen molar-refractivity contribution >= 4 is 54.6 Å². The number of halogens is 3. The van der Waals surface area contributed by atoms with Crippen molar-refractivity contribution in [2.75, 3.05) is 4.72 Å². The zero-order valence-electron chi connectivity index (χ0n) is 8.65. The minimum atomic E-state index is -3.68. The van der Waals surface area contributed by atoms with E-state index < -0.39 is 15.8 Å². The molecule has 2 rings (SSSR count). The topological polar surface area (TPSA) is 46.2 Å². The van der Waals surface area contributed by atoms with Crippen molar-refractivity contribution in [3.05, 3.63) is 45.0 Å². The molecule has 1 N–H and O–H groups in total.